The van der Waals surface area contributed by atoms with Crippen LogP contribution in [0.25, 0.3) is 69.9 Å². The van der Waals surface area contributed by atoms with Crippen LogP contribution in [0.5, 0.6) is 0 Å². The van der Waals surface area contributed by atoms with Crippen LogP contribution in [-0.2, 0) is 26.5 Å². The van der Waals surface area contributed by atoms with Gasteiger partial charge in [-0.05, 0) is 67.9 Å². The van der Waals surface area contributed by atoms with Crippen molar-refractivity contribution in [2.24, 2.45) is 0 Å². The van der Waals surface area contributed by atoms with Gasteiger partial charge in [0, 0.05) is 43.3 Å². The van der Waals surface area contributed by atoms with Gasteiger partial charge in [-0.25, -0.2) is 4.98 Å². The van der Waals surface area contributed by atoms with E-state index in [1.54, 1.807) is 23.5 Å². The zero-order chi connectivity index (χ0) is 53.9. The molecule has 72 heavy (non-hydrogen) atoms. The number of anilines is 2. The Bertz CT molecular complexity index is 3900. The molecule has 0 saturated carbocycles. The minimum atomic E-state index is -2.13. The van der Waals surface area contributed by atoms with Gasteiger partial charge in [-0.15, -0.1) is 52.0 Å². The van der Waals surface area contributed by atoms with Crippen LogP contribution in [0.4, 0.5) is 17.1 Å². The molecule has 1 atom stereocenters. The number of hydrogen-bond acceptors (Lipinski definition) is 4. The van der Waals surface area contributed by atoms with Crippen LogP contribution in [0.3, 0.4) is 0 Å². The first-order valence-electron chi connectivity index (χ1n) is 27.0. The van der Waals surface area contributed by atoms with Gasteiger partial charge in [0.25, 0.3) is 0 Å². The number of benzene rings is 8. The van der Waals surface area contributed by atoms with Crippen molar-refractivity contribution >= 4 is 72.7 Å². The van der Waals surface area contributed by atoms with Gasteiger partial charge in [-0.2, -0.15) is 29.5 Å². The summed E-state index contributed by atoms with van der Waals surface area (Å²) in [6, 6.07) is 71.3. The Balaban J connectivity index is 0.000000233. The normalized spacial score (nSPS) is 14.9. The van der Waals surface area contributed by atoms with E-state index in [4.69, 9.17) is 18.5 Å². The van der Waals surface area contributed by atoms with Crippen molar-refractivity contribution in [2.45, 2.75) is 58.8 Å². The molecule has 12 rings (SSSR count). The molecular weight excluding hydrogens is 1090 g/mol. The summed E-state index contributed by atoms with van der Waals surface area (Å²) in [6.45, 7) is 8.38. The van der Waals surface area contributed by atoms with E-state index in [2.05, 4.69) is 163 Å². The van der Waals surface area contributed by atoms with E-state index in [9.17, 15) is 0 Å². The van der Waals surface area contributed by atoms with Gasteiger partial charge in [0.15, 0.2) is 0 Å². The molecule has 0 bridgehead atoms. The molecule has 3 aromatic heterocycles. The van der Waals surface area contributed by atoms with Crippen molar-refractivity contribution in [1.82, 2.24) is 9.97 Å². The fourth-order valence-corrected chi connectivity index (χ4v) is 12.4. The van der Waals surface area contributed by atoms with Crippen molar-refractivity contribution < 1.29 is 28.3 Å². The first kappa shape index (κ1) is 41.6. The van der Waals surface area contributed by atoms with E-state index in [0.717, 1.165) is 92.8 Å². The number of aryl methyl sites for hydroxylation is 1. The average Bonchev–Trinajstić information content (AvgIpc) is 4.01. The van der Waals surface area contributed by atoms with Crippen molar-refractivity contribution in [3.63, 3.8) is 0 Å². The summed E-state index contributed by atoms with van der Waals surface area (Å²) >= 11 is 1.59. The van der Waals surface area contributed by atoms with Gasteiger partial charge in [-0.1, -0.05) is 202 Å². The predicted molar refractivity (Wildman–Crippen MR) is 305 cm³/mol. The Morgan fingerprint density at radius 3 is 2.10 bits per heavy atom. The number of fused-ring (bicyclic) bond motifs is 6. The third kappa shape index (κ3) is 9.58. The molecule has 11 aromatic rings. The molecule has 1 aliphatic rings. The minimum Gasteiger partial charge on any atom is -0.661 e. The SMILES string of the molecule is [2H]C([2H])([2H])c1c[c-]c(-c2cc(C([2H])(C)C)c([Si](C)(C)C)cn2)cc1.[2H]C([2H])(c1ccccc1)c1ccc2c(n1)sc1c(C3[N-]c4c(ccc5ccccc45)N3c3c(-c4ccccc4)cccc3-c3ccccc3)[c-]ccc12.[Ir+3]. The van der Waals surface area contributed by atoms with Gasteiger partial charge in [-0.3, -0.25) is 0 Å². The van der Waals surface area contributed by atoms with Crippen LogP contribution < -0.4 is 10.1 Å². The van der Waals surface area contributed by atoms with E-state index >= 15 is 0 Å². The summed E-state index contributed by atoms with van der Waals surface area (Å²) in [5, 5.41) is 11.1. The Hall–Kier alpha value is -6.99. The number of pyridine rings is 2. The zero-order valence-electron chi connectivity index (χ0n) is 46.7. The second-order valence-electron chi connectivity index (χ2n) is 19.1. The quantitative estimate of drug-likeness (QED) is 0.107. The molecule has 354 valence electrons. The molecule has 0 amide bonds. The van der Waals surface area contributed by atoms with Gasteiger partial charge >= 0.3 is 20.1 Å². The molecule has 0 N–H and O–H groups in total. The molecule has 7 heteroatoms. The maximum absolute atomic E-state index is 9.02. The van der Waals surface area contributed by atoms with Gasteiger partial charge in [0.2, 0.25) is 0 Å². The van der Waals surface area contributed by atoms with Crippen molar-refractivity contribution in [3.05, 3.63) is 246 Å². The van der Waals surface area contributed by atoms with Gasteiger partial charge < -0.3 is 15.2 Å². The number of rotatable bonds is 9. The summed E-state index contributed by atoms with van der Waals surface area (Å²) in [5.41, 5.74) is 12.2. The minimum absolute atomic E-state index is 0. The molecule has 0 aliphatic carbocycles. The van der Waals surface area contributed by atoms with E-state index in [1.165, 1.54) is 11.3 Å². The van der Waals surface area contributed by atoms with Gasteiger partial charge in [0.05, 0.1) is 13.8 Å². The first-order valence-corrected chi connectivity index (χ1v) is 28.3. The molecule has 1 unspecified atom stereocenters. The number of thiophene rings is 1. The van der Waals surface area contributed by atoms with Crippen molar-refractivity contribution in [2.75, 3.05) is 4.90 Å². The Kier molecular flexibility index (Phi) is 11.9. The molecule has 0 fully saturated rings. The van der Waals surface area contributed by atoms with Crippen LogP contribution in [0.15, 0.2) is 200 Å². The maximum Gasteiger partial charge on any atom is 3.00 e. The number of aromatic nitrogens is 2. The maximum atomic E-state index is 9.02. The van der Waals surface area contributed by atoms with Crippen molar-refractivity contribution in [3.8, 4) is 33.5 Å². The zero-order valence-corrected chi connectivity index (χ0v) is 44.9. The second kappa shape index (κ2) is 20.6. The fraction of sp³-hybridized carbons (Fsp3) is 0.138. The Morgan fingerprint density at radius 2 is 1.43 bits per heavy atom. The monoisotopic (exact) mass is 1150 g/mol. The topological polar surface area (TPSA) is 43.1 Å². The van der Waals surface area contributed by atoms with Crippen LogP contribution in [0, 0.1) is 19.0 Å². The summed E-state index contributed by atoms with van der Waals surface area (Å²) in [7, 11) is -1.61. The second-order valence-corrected chi connectivity index (χ2v) is 25.1. The molecule has 0 spiro atoms. The van der Waals surface area contributed by atoms with E-state index in [-0.39, 0.29) is 25.7 Å². The van der Waals surface area contributed by atoms with Crippen LogP contribution >= 0.6 is 11.3 Å². The molecule has 0 radical (unpaired) electrons. The molecule has 4 nitrogen and oxygen atoms in total. The van der Waals surface area contributed by atoms with E-state index < -0.39 is 33.4 Å². The molecular formula is C65H55IrN4SSi. The number of para-hydroxylation sites is 1. The third-order valence-corrected chi connectivity index (χ3v) is 16.2. The van der Waals surface area contributed by atoms with E-state index in [1.807, 2.05) is 74.6 Å². The van der Waals surface area contributed by atoms with Crippen LogP contribution in [0.1, 0.15) is 62.1 Å². The fourth-order valence-electron chi connectivity index (χ4n) is 9.60. The largest absolute Gasteiger partial charge is 3.00 e. The summed E-state index contributed by atoms with van der Waals surface area (Å²) in [5.74, 6) is -0.716. The first-order chi connectivity index (χ1) is 36.9. The van der Waals surface area contributed by atoms with Crippen LogP contribution in [-0.4, -0.2) is 18.0 Å². The van der Waals surface area contributed by atoms with E-state index in [0.29, 0.717) is 11.3 Å². The number of hydrogen-bond donors (Lipinski definition) is 0. The third-order valence-electron chi connectivity index (χ3n) is 13.1. The summed E-state index contributed by atoms with van der Waals surface area (Å²) in [4.78, 5) is 12.7. The average molecular weight is 1150 g/mol. The summed E-state index contributed by atoms with van der Waals surface area (Å²) < 4.78 is 49.9. The van der Waals surface area contributed by atoms with Crippen LogP contribution in [0.2, 0.25) is 19.6 Å². The molecule has 0 saturated heterocycles. The molecule has 4 heterocycles. The molecule has 1 aliphatic heterocycles. The predicted octanol–water partition coefficient (Wildman–Crippen LogP) is 17.7. The molecule has 8 aromatic carbocycles. The standard InChI is InChI=1S/C47H31N3S.C18H24NSi.Ir/c1-4-14-31(15-5-1)30-35-27-28-40-39-24-13-25-41(45(39)51-47(40)48-35)46-49-43-36-21-11-10-20-34(36)26-29-42(43)50(46)44-37(32-16-6-2-7-17-32)22-12-23-38(44)33-18-8-3-9-19-33;1-13(2)16-11-17(15-9-7-14(3)8-10-15)19-12-18(16)20(4,5)6;/h1-24,26-29,46H,30H2;7-9,11-13H,1-6H3;/q-2;-1;+3/i30D2;3D3,13D;. The number of nitrogens with zero attached hydrogens (tertiary/aromatic N) is 4. The smallest absolute Gasteiger partial charge is 0.661 e. The summed E-state index contributed by atoms with van der Waals surface area (Å²) in [6.07, 6.45) is -0.288. The Labute approximate surface area is 451 Å². The van der Waals surface area contributed by atoms with Crippen molar-refractivity contribution in [1.29, 1.82) is 0 Å². The van der Waals surface area contributed by atoms with Gasteiger partial charge in [0.1, 0.15) is 4.83 Å². The Morgan fingerprint density at radius 1 is 0.736 bits per heavy atom.